The molecule has 1 aliphatic rings. The Balaban J connectivity index is 1.58. The van der Waals surface area contributed by atoms with Gasteiger partial charge in [0.05, 0.1) is 11.9 Å². The second-order valence-electron chi connectivity index (χ2n) is 6.06. The molecule has 0 saturated heterocycles. The van der Waals surface area contributed by atoms with Crippen LogP contribution in [0.2, 0.25) is 0 Å². The fourth-order valence-corrected chi connectivity index (χ4v) is 2.30. The van der Waals surface area contributed by atoms with Crippen LogP contribution in [0, 0.1) is 5.92 Å². The van der Waals surface area contributed by atoms with Crippen LogP contribution in [-0.4, -0.2) is 24.2 Å². The number of benzene rings is 1. The maximum absolute atomic E-state index is 12.3. The van der Waals surface area contributed by atoms with Crippen molar-refractivity contribution in [2.45, 2.75) is 20.3 Å². The highest BCUT2D eigenvalue weighted by molar-refractivity contribution is 6.04. The van der Waals surface area contributed by atoms with Gasteiger partial charge in [-0.25, -0.2) is 4.98 Å². The number of pyridine rings is 1. The Morgan fingerprint density at radius 1 is 1.21 bits per heavy atom. The Labute approximate surface area is 141 Å². The van der Waals surface area contributed by atoms with Gasteiger partial charge in [0, 0.05) is 12.1 Å². The molecule has 0 saturated carbocycles. The minimum Gasteiger partial charge on any atom is -0.454 e. The number of hydrogen-bond donors (Lipinski definition) is 2. The average molecular weight is 327 g/mol. The Hall–Kier alpha value is -2.76. The van der Waals surface area contributed by atoms with Crippen LogP contribution in [0.3, 0.4) is 0 Å². The van der Waals surface area contributed by atoms with Crippen molar-refractivity contribution in [1.29, 1.82) is 0 Å². The minimum atomic E-state index is -0.235. The highest BCUT2D eigenvalue weighted by Crippen LogP contribution is 2.32. The van der Waals surface area contributed by atoms with Crippen molar-refractivity contribution in [2.75, 3.05) is 24.0 Å². The maximum Gasteiger partial charge on any atom is 0.256 e. The average Bonchev–Trinajstić information content (AvgIpc) is 3.03. The largest absolute Gasteiger partial charge is 0.454 e. The van der Waals surface area contributed by atoms with Crippen LogP contribution in [0.1, 0.15) is 30.6 Å². The number of ether oxygens (including phenoxy) is 2. The lowest BCUT2D eigenvalue weighted by molar-refractivity contribution is 0.102. The van der Waals surface area contributed by atoms with Crippen LogP contribution in [0.5, 0.6) is 11.5 Å². The van der Waals surface area contributed by atoms with Crippen molar-refractivity contribution in [1.82, 2.24) is 4.98 Å². The highest BCUT2D eigenvalue weighted by Gasteiger charge is 2.16. The molecule has 1 aliphatic heterocycles. The van der Waals surface area contributed by atoms with Crippen LogP contribution in [0.15, 0.2) is 36.5 Å². The van der Waals surface area contributed by atoms with Gasteiger partial charge in [0.1, 0.15) is 5.82 Å². The molecular weight excluding hydrogens is 306 g/mol. The zero-order chi connectivity index (χ0) is 16.9. The van der Waals surface area contributed by atoms with E-state index in [9.17, 15) is 4.79 Å². The van der Waals surface area contributed by atoms with Gasteiger partial charge in [0.15, 0.2) is 11.5 Å². The van der Waals surface area contributed by atoms with Crippen molar-refractivity contribution in [2.24, 2.45) is 5.92 Å². The first kappa shape index (κ1) is 16.1. The van der Waals surface area contributed by atoms with E-state index < -0.39 is 0 Å². The molecule has 6 nitrogen and oxygen atoms in total. The lowest BCUT2D eigenvalue weighted by Gasteiger charge is -2.09. The zero-order valence-electron chi connectivity index (χ0n) is 13.8. The van der Waals surface area contributed by atoms with E-state index in [0.717, 1.165) is 18.7 Å². The molecule has 126 valence electrons. The first-order valence-corrected chi connectivity index (χ1v) is 8.03. The molecule has 0 spiro atoms. The van der Waals surface area contributed by atoms with Gasteiger partial charge in [0.25, 0.3) is 5.91 Å². The van der Waals surface area contributed by atoms with E-state index in [1.165, 1.54) is 0 Å². The number of aromatic nitrogens is 1. The third kappa shape index (κ3) is 3.95. The number of nitrogens with zero attached hydrogens (tertiary/aromatic N) is 1. The predicted molar refractivity (Wildman–Crippen MR) is 92.7 cm³/mol. The van der Waals surface area contributed by atoms with E-state index >= 15 is 0 Å². The van der Waals surface area contributed by atoms with E-state index in [2.05, 4.69) is 29.5 Å². The summed E-state index contributed by atoms with van der Waals surface area (Å²) in [5.41, 5.74) is 1.44. The van der Waals surface area contributed by atoms with Crippen LogP contribution in [0.25, 0.3) is 0 Å². The third-order valence-corrected chi connectivity index (χ3v) is 3.69. The second kappa shape index (κ2) is 7.21. The Bertz CT molecular complexity index is 714. The molecule has 0 unspecified atom stereocenters. The monoisotopic (exact) mass is 327 g/mol. The van der Waals surface area contributed by atoms with E-state index in [0.29, 0.717) is 28.8 Å². The lowest BCUT2D eigenvalue weighted by atomic mass is 10.1. The number of amides is 1. The Kier molecular flexibility index (Phi) is 4.84. The summed E-state index contributed by atoms with van der Waals surface area (Å²) in [6.45, 7) is 5.47. The third-order valence-electron chi connectivity index (χ3n) is 3.69. The molecule has 6 heteroatoms. The fourth-order valence-electron chi connectivity index (χ4n) is 2.30. The van der Waals surface area contributed by atoms with Gasteiger partial charge in [-0.3, -0.25) is 4.79 Å². The molecule has 0 atom stereocenters. The van der Waals surface area contributed by atoms with Crippen molar-refractivity contribution in [3.8, 4) is 11.5 Å². The number of carbonyl (C=O) groups is 1. The molecule has 1 aromatic carbocycles. The maximum atomic E-state index is 12.3. The van der Waals surface area contributed by atoms with E-state index in [4.69, 9.17) is 9.47 Å². The quantitative estimate of drug-likeness (QED) is 0.849. The molecule has 1 amide bonds. The topological polar surface area (TPSA) is 72.5 Å². The Morgan fingerprint density at radius 2 is 2.04 bits per heavy atom. The standard InChI is InChI=1S/C18H21N3O3/c1-12(2)7-8-19-14-4-6-17(20-10-14)21-18(22)13-3-5-15-16(9-13)24-11-23-15/h3-6,9-10,12,19H,7-8,11H2,1-2H3,(H,20,21,22). The van der Waals surface area contributed by atoms with Crippen LogP contribution in [0.4, 0.5) is 11.5 Å². The van der Waals surface area contributed by atoms with Gasteiger partial charge in [-0.1, -0.05) is 13.8 Å². The summed E-state index contributed by atoms with van der Waals surface area (Å²) in [4.78, 5) is 16.5. The van der Waals surface area contributed by atoms with Crippen LogP contribution in [-0.2, 0) is 0 Å². The van der Waals surface area contributed by atoms with Crippen molar-refractivity contribution >= 4 is 17.4 Å². The smallest absolute Gasteiger partial charge is 0.256 e. The van der Waals surface area contributed by atoms with E-state index in [1.807, 2.05) is 6.07 Å². The number of fused-ring (bicyclic) bond motifs is 1. The molecule has 0 radical (unpaired) electrons. The summed E-state index contributed by atoms with van der Waals surface area (Å²) >= 11 is 0. The lowest BCUT2D eigenvalue weighted by Crippen LogP contribution is -2.13. The fraction of sp³-hybridized carbons (Fsp3) is 0.333. The number of rotatable bonds is 6. The molecule has 24 heavy (non-hydrogen) atoms. The van der Waals surface area contributed by atoms with Crippen LogP contribution >= 0.6 is 0 Å². The Morgan fingerprint density at radius 3 is 2.79 bits per heavy atom. The van der Waals surface area contributed by atoms with Gasteiger partial charge >= 0.3 is 0 Å². The summed E-state index contributed by atoms with van der Waals surface area (Å²) in [5.74, 6) is 2.17. The molecular formula is C18H21N3O3. The molecule has 0 bridgehead atoms. The number of hydrogen-bond acceptors (Lipinski definition) is 5. The molecule has 3 rings (SSSR count). The van der Waals surface area contributed by atoms with E-state index in [-0.39, 0.29) is 12.7 Å². The predicted octanol–water partition coefficient (Wildman–Crippen LogP) is 3.52. The minimum absolute atomic E-state index is 0.188. The molecule has 1 aromatic heterocycles. The van der Waals surface area contributed by atoms with Gasteiger partial charge in [-0.2, -0.15) is 0 Å². The van der Waals surface area contributed by atoms with Crippen molar-refractivity contribution in [3.63, 3.8) is 0 Å². The van der Waals surface area contributed by atoms with Gasteiger partial charge in [-0.15, -0.1) is 0 Å². The normalized spacial score (nSPS) is 12.3. The summed E-state index contributed by atoms with van der Waals surface area (Å²) in [6, 6.07) is 8.78. The molecule has 2 N–H and O–H groups in total. The molecule has 0 fully saturated rings. The van der Waals surface area contributed by atoms with Gasteiger partial charge in [-0.05, 0) is 42.7 Å². The summed E-state index contributed by atoms with van der Waals surface area (Å²) in [5, 5.41) is 6.09. The highest BCUT2D eigenvalue weighted by atomic mass is 16.7. The van der Waals surface area contributed by atoms with Gasteiger partial charge < -0.3 is 20.1 Å². The van der Waals surface area contributed by atoms with Crippen LogP contribution < -0.4 is 20.1 Å². The van der Waals surface area contributed by atoms with E-state index in [1.54, 1.807) is 30.5 Å². The first-order valence-electron chi connectivity index (χ1n) is 8.03. The summed E-state index contributed by atoms with van der Waals surface area (Å²) < 4.78 is 10.5. The summed E-state index contributed by atoms with van der Waals surface area (Å²) in [7, 11) is 0. The zero-order valence-corrected chi connectivity index (χ0v) is 13.8. The van der Waals surface area contributed by atoms with Crippen molar-refractivity contribution < 1.29 is 14.3 Å². The SMILES string of the molecule is CC(C)CCNc1ccc(NC(=O)c2ccc3c(c2)OCO3)nc1. The van der Waals surface area contributed by atoms with Gasteiger partial charge in [0.2, 0.25) is 6.79 Å². The van der Waals surface area contributed by atoms with Crippen molar-refractivity contribution in [3.05, 3.63) is 42.1 Å². The molecule has 0 aliphatic carbocycles. The molecule has 2 heterocycles. The second-order valence-corrected chi connectivity index (χ2v) is 6.06. The first-order chi connectivity index (χ1) is 11.6. The summed E-state index contributed by atoms with van der Waals surface area (Å²) in [6.07, 6.45) is 2.82. The number of anilines is 2. The molecule has 2 aromatic rings. The number of carbonyl (C=O) groups excluding carboxylic acids is 1. The number of nitrogens with one attached hydrogen (secondary N) is 2.